The molecule has 0 spiro atoms. The highest BCUT2D eigenvalue weighted by Gasteiger charge is 2.08. The second-order valence-electron chi connectivity index (χ2n) is 4.00. The van der Waals surface area contributed by atoms with Crippen molar-refractivity contribution in [3.8, 4) is 0 Å². The van der Waals surface area contributed by atoms with Crippen molar-refractivity contribution in [2.75, 3.05) is 45.9 Å². The fourth-order valence-electron chi connectivity index (χ4n) is 1.63. The lowest BCUT2D eigenvalue weighted by atomic mass is 10.3. The van der Waals surface area contributed by atoms with Gasteiger partial charge in [-0.1, -0.05) is 6.92 Å². The standard InChI is InChI=1S/C11H24N4O/c1-2-4-13-11(12)14-5-3-6-15-7-9-16-10-8-15/h2-10H2,1H3,(H3,12,13,14). The molecule has 1 rings (SSSR count). The molecule has 0 aromatic heterocycles. The molecule has 5 nitrogen and oxygen atoms in total. The second-order valence-corrected chi connectivity index (χ2v) is 4.00. The molecule has 0 unspecified atom stereocenters. The third-order valence-electron chi connectivity index (χ3n) is 2.57. The average molecular weight is 228 g/mol. The fourth-order valence-corrected chi connectivity index (χ4v) is 1.63. The van der Waals surface area contributed by atoms with Gasteiger partial charge in [-0.3, -0.25) is 9.89 Å². The summed E-state index contributed by atoms with van der Waals surface area (Å²) in [7, 11) is 0. The average Bonchev–Trinajstić information content (AvgIpc) is 2.33. The van der Waals surface area contributed by atoms with Crippen LogP contribution in [0.1, 0.15) is 19.8 Å². The minimum Gasteiger partial charge on any atom is -0.379 e. The number of nitrogens with one attached hydrogen (secondary N) is 1. The Labute approximate surface area is 98.0 Å². The van der Waals surface area contributed by atoms with Crippen LogP contribution in [0.5, 0.6) is 0 Å². The molecule has 0 aromatic carbocycles. The predicted octanol–water partition coefficient (Wildman–Crippen LogP) is 0.0230. The number of guanidine groups is 1. The molecule has 16 heavy (non-hydrogen) atoms. The van der Waals surface area contributed by atoms with Gasteiger partial charge in [-0.25, -0.2) is 0 Å². The lowest BCUT2D eigenvalue weighted by molar-refractivity contribution is 0.0376. The molecular weight excluding hydrogens is 204 g/mol. The Bertz CT molecular complexity index is 202. The number of ether oxygens (including phenoxy) is 1. The summed E-state index contributed by atoms with van der Waals surface area (Å²) in [6, 6.07) is 0. The highest BCUT2D eigenvalue weighted by atomic mass is 16.5. The molecule has 3 N–H and O–H groups in total. The van der Waals surface area contributed by atoms with E-state index in [1.807, 2.05) is 0 Å². The van der Waals surface area contributed by atoms with E-state index in [2.05, 4.69) is 22.1 Å². The van der Waals surface area contributed by atoms with Crippen LogP contribution in [0.15, 0.2) is 4.99 Å². The van der Waals surface area contributed by atoms with E-state index in [4.69, 9.17) is 10.5 Å². The Kier molecular flexibility index (Phi) is 6.92. The molecule has 0 aliphatic carbocycles. The quantitative estimate of drug-likeness (QED) is 0.382. The zero-order valence-electron chi connectivity index (χ0n) is 10.2. The minimum atomic E-state index is 0.573. The van der Waals surface area contributed by atoms with Gasteiger partial charge in [0.15, 0.2) is 5.96 Å². The van der Waals surface area contributed by atoms with Crippen LogP contribution in [0.25, 0.3) is 0 Å². The topological polar surface area (TPSA) is 62.9 Å². The summed E-state index contributed by atoms with van der Waals surface area (Å²) >= 11 is 0. The molecular formula is C11H24N4O. The SMILES string of the molecule is CCCN=C(N)NCCCN1CCOCC1. The van der Waals surface area contributed by atoms with E-state index < -0.39 is 0 Å². The van der Waals surface area contributed by atoms with E-state index in [1.165, 1.54) is 0 Å². The lowest BCUT2D eigenvalue weighted by Crippen LogP contribution is -2.39. The van der Waals surface area contributed by atoms with Crippen LogP contribution in [0, 0.1) is 0 Å². The van der Waals surface area contributed by atoms with Crippen molar-refractivity contribution in [2.24, 2.45) is 10.7 Å². The van der Waals surface area contributed by atoms with E-state index in [0.29, 0.717) is 5.96 Å². The summed E-state index contributed by atoms with van der Waals surface area (Å²) in [6.07, 6.45) is 2.14. The van der Waals surface area contributed by atoms with Crippen LogP contribution in [0.2, 0.25) is 0 Å². The molecule has 0 bridgehead atoms. The first kappa shape index (κ1) is 13.3. The van der Waals surface area contributed by atoms with Crippen LogP contribution < -0.4 is 11.1 Å². The molecule has 0 atom stereocenters. The molecule has 1 saturated heterocycles. The number of aliphatic imine (C=N–C) groups is 1. The highest BCUT2D eigenvalue weighted by molar-refractivity contribution is 5.77. The van der Waals surface area contributed by atoms with Gasteiger partial charge in [0.05, 0.1) is 13.2 Å². The molecule has 1 fully saturated rings. The van der Waals surface area contributed by atoms with Crippen molar-refractivity contribution in [1.82, 2.24) is 10.2 Å². The summed E-state index contributed by atoms with van der Waals surface area (Å²) in [4.78, 5) is 6.60. The molecule has 1 aliphatic heterocycles. The van der Waals surface area contributed by atoms with Crippen molar-refractivity contribution >= 4 is 5.96 Å². The second kappa shape index (κ2) is 8.35. The Balaban J connectivity index is 1.98. The van der Waals surface area contributed by atoms with Crippen molar-refractivity contribution < 1.29 is 4.74 Å². The van der Waals surface area contributed by atoms with Gasteiger partial charge >= 0.3 is 0 Å². The Morgan fingerprint density at radius 2 is 2.19 bits per heavy atom. The zero-order chi connectivity index (χ0) is 11.6. The van der Waals surface area contributed by atoms with Gasteiger partial charge in [0.1, 0.15) is 0 Å². The van der Waals surface area contributed by atoms with Gasteiger partial charge in [0.2, 0.25) is 0 Å². The normalized spacial score (nSPS) is 18.7. The van der Waals surface area contributed by atoms with Crippen LogP contribution >= 0.6 is 0 Å². The van der Waals surface area contributed by atoms with Gasteiger partial charge in [0.25, 0.3) is 0 Å². The summed E-state index contributed by atoms with van der Waals surface area (Å²) < 4.78 is 5.29. The summed E-state index contributed by atoms with van der Waals surface area (Å²) in [5.74, 6) is 0.573. The molecule has 0 amide bonds. The number of hydrogen-bond donors (Lipinski definition) is 2. The molecule has 1 heterocycles. The number of nitrogens with zero attached hydrogens (tertiary/aromatic N) is 2. The highest BCUT2D eigenvalue weighted by Crippen LogP contribution is 1.97. The summed E-state index contributed by atoms with van der Waals surface area (Å²) in [5, 5.41) is 3.13. The van der Waals surface area contributed by atoms with E-state index in [0.717, 1.165) is 58.8 Å². The van der Waals surface area contributed by atoms with Crippen molar-refractivity contribution in [1.29, 1.82) is 0 Å². The fraction of sp³-hybridized carbons (Fsp3) is 0.909. The summed E-state index contributed by atoms with van der Waals surface area (Å²) in [6.45, 7) is 8.76. The van der Waals surface area contributed by atoms with Crippen LogP contribution in [-0.2, 0) is 4.74 Å². The number of rotatable bonds is 6. The third kappa shape index (κ3) is 5.92. The predicted molar refractivity (Wildman–Crippen MR) is 66.7 cm³/mol. The molecule has 1 aliphatic rings. The maximum absolute atomic E-state index is 5.68. The van der Waals surface area contributed by atoms with Gasteiger partial charge in [0, 0.05) is 26.2 Å². The van der Waals surface area contributed by atoms with Gasteiger partial charge < -0.3 is 15.8 Å². The maximum atomic E-state index is 5.68. The van der Waals surface area contributed by atoms with E-state index in [-0.39, 0.29) is 0 Å². The Morgan fingerprint density at radius 1 is 1.44 bits per heavy atom. The molecule has 0 radical (unpaired) electrons. The number of morpholine rings is 1. The van der Waals surface area contributed by atoms with Crippen molar-refractivity contribution in [2.45, 2.75) is 19.8 Å². The molecule has 5 heteroatoms. The number of nitrogens with two attached hydrogens (primary N) is 1. The van der Waals surface area contributed by atoms with Crippen LogP contribution in [0.3, 0.4) is 0 Å². The molecule has 94 valence electrons. The Morgan fingerprint density at radius 3 is 2.88 bits per heavy atom. The number of hydrogen-bond acceptors (Lipinski definition) is 3. The summed E-state index contributed by atoms with van der Waals surface area (Å²) in [5.41, 5.74) is 5.68. The van der Waals surface area contributed by atoms with Crippen molar-refractivity contribution in [3.05, 3.63) is 0 Å². The van der Waals surface area contributed by atoms with Gasteiger partial charge in [-0.05, 0) is 19.4 Å². The zero-order valence-corrected chi connectivity index (χ0v) is 10.2. The largest absolute Gasteiger partial charge is 0.379 e. The third-order valence-corrected chi connectivity index (χ3v) is 2.57. The minimum absolute atomic E-state index is 0.573. The van der Waals surface area contributed by atoms with Crippen LogP contribution in [0.4, 0.5) is 0 Å². The smallest absolute Gasteiger partial charge is 0.188 e. The van der Waals surface area contributed by atoms with Crippen molar-refractivity contribution in [3.63, 3.8) is 0 Å². The van der Waals surface area contributed by atoms with Gasteiger partial charge in [-0.15, -0.1) is 0 Å². The van der Waals surface area contributed by atoms with Crippen LogP contribution in [-0.4, -0.2) is 56.8 Å². The van der Waals surface area contributed by atoms with E-state index in [1.54, 1.807) is 0 Å². The molecule has 0 aromatic rings. The first-order chi connectivity index (χ1) is 7.83. The first-order valence-electron chi connectivity index (χ1n) is 6.17. The first-order valence-corrected chi connectivity index (χ1v) is 6.17. The van der Waals surface area contributed by atoms with E-state index in [9.17, 15) is 0 Å². The van der Waals surface area contributed by atoms with Gasteiger partial charge in [-0.2, -0.15) is 0 Å². The Hall–Kier alpha value is -0.810. The van der Waals surface area contributed by atoms with E-state index >= 15 is 0 Å². The maximum Gasteiger partial charge on any atom is 0.188 e. The monoisotopic (exact) mass is 228 g/mol. The lowest BCUT2D eigenvalue weighted by Gasteiger charge is -2.26. The molecule has 0 saturated carbocycles.